The molecule has 4 aromatic rings. The van der Waals surface area contributed by atoms with Crippen LogP contribution in [0, 0.1) is 0 Å². The maximum absolute atomic E-state index is 5.53. The van der Waals surface area contributed by atoms with Crippen molar-refractivity contribution in [3.8, 4) is 11.4 Å². The smallest absolute Gasteiger partial charge is 0.186 e. The first kappa shape index (κ1) is 17.2. The van der Waals surface area contributed by atoms with Gasteiger partial charge in [0.25, 0.3) is 0 Å². The summed E-state index contributed by atoms with van der Waals surface area (Å²) in [6.45, 7) is 4.66. The molecule has 5 rings (SSSR count). The minimum Gasteiger partial charge on any atom is -0.377 e. The van der Waals surface area contributed by atoms with Crippen molar-refractivity contribution in [2.75, 3.05) is 30.0 Å². The van der Waals surface area contributed by atoms with Crippen LogP contribution < -0.4 is 10.2 Å². The molecule has 1 fully saturated rings. The summed E-state index contributed by atoms with van der Waals surface area (Å²) in [6, 6.07) is 14.7. The monoisotopic (exact) mass is 392 g/mol. The van der Waals surface area contributed by atoms with Gasteiger partial charge in [-0.25, -0.2) is 0 Å². The number of hydrogen-bond donors (Lipinski definition) is 1. The Labute approximate surface area is 166 Å². The third-order valence-electron chi connectivity index (χ3n) is 4.88. The second-order valence-electron chi connectivity index (χ2n) is 6.81. The number of rotatable bonds is 4. The summed E-state index contributed by atoms with van der Waals surface area (Å²) in [7, 11) is 0. The predicted molar refractivity (Wildman–Crippen MR) is 111 cm³/mol. The molecule has 1 aliphatic heterocycles. The van der Waals surface area contributed by atoms with Crippen molar-refractivity contribution in [1.29, 1.82) is 0 Å². The molecule has 1 unspecified atom stereocenters. The zero-order valence-electron chi connectivity index (χ0n) is 15.4. The fourth-order valence-corrected chi connectivity index (χ4v) is 4.06. The van der Waals surface area contributed by atoms with Crippen LogP contribution in [-0.4, -0.2) is 45.6 Å². The van der Waals surface area contributed by atoms with Crippen LogP contribution in [0.25, 0.3) is 17.0 Å². The van der Waals surface area contributed by atoms with Gasteiger partial charge in [0, 0.05) is 34.9 Å². The van der Waals surface area contributed by atoms with Crippen molar-refractivity contribution < 1.29 is 4.74 Å². The second kappa shape index (κ2) is 7.21. The Morgan fingerprint density at radius 2 is 2.00 bits per heavy atom. The first-order valence-corrected chi connectivity index (χ1v) is 10.2. The highest BCUT2D eigenvalue weighted by Gasteiger charge is 2.18. The molecule has 28 heavy (non-hydrogen) atoms. The maximum Gasteiger partial charge on any atom is 0.186 e. The van der Waals surface area contributed by atoms with Crippen LogP contribution >= 0.6 is 11.3 Å². The van der Waals surface area contributed by atoms with Gasteiger partial charge < -0.3 is 15.0 Å². The van der Waals surface area contributed by atoms with Gasteiger partial charge in [-0.05, 0) is 54.8 Å². The van der Waals surface area contributed by atoms with Crippen LogP contribution in [0.15, 0.2) is 53.2 Å². The zero-order valence-corrected chi connectivity index (χ0v) is 16.3. The molecule has 0 radical (unpaired) electrons. The molecule has 0 bridgehead atoms. The van der Waals surface area contributed by atoms with Gasteiger partial charge in [0.05, 0.1) is 13.2 Å². The number of anilines is 3. The van der Waals surface area contributed by atoms with Gasteiger partial charge in [-0.2, -0.15) is 15.9 Å². The van der Waals surface area contributed by atoms with Crippen LogP contribution in [0.2, 0.25) is 0 Å². The van der Waals surface area contributed by atoms with E-state index >= 15 is 0 Å². The number of nitrogens with one attached hydrogen (secondary N) is 1. The van der Waals surface area contributed by atoms with Crippen LogP contribution in [0.5, 0.6) is 0 Å². The lowest BCUT2D eigenvalue weighted by molar-refractivity contribution is 0.0989. The van der Waals surface area contributed by atoms with E-state index in [4.69, 9.17) is 4.74 Å². The van der Waals surface area contributed by atoms with Gasteiger partial charge in [0.1, 0.15) is 0 Å². The summed E-state index contributed by atoms with van der Waals surface area (Å²) < 4.78 is 7.30. The lowest BCUT2D eigenvalue weighted by Gasteiger charge is -2.35. The molecule has 1 aromatic carbocycles. The molecular weight excluding hydrogens is 372 g/mol. The highest BCUT2D eigenvalue weighted by Crippen LogP contribution is 2.24. The molecule has 3 aromatic heterocycles. The fourth-order valence-electron chi connectivity index (χ4n) is 3.42. The summed E-state index contributed by atoms with van der Waals surface area (Å²) in [6.07, 6.45) is 0. The molecule has 0 amide bonds. The van der Waals surface area contributed by atoms with Gasteiger partial charge >= 0.3 is 0 Å². The number of benzene rings is 1. The van der Waals surface area contributed by atoms with E-state index in [0.29, 0.717) is 6.04 Å². The van der Waals surface area contributed by atoms with E-state index in [9.17, 15) is 0 Å². The summed E-state index contributed by atoms with van der Waals surface area (Å²) in [4.78, 5) is 2.38. The molecule has 0 aliphatic carbocycles. The summed E-state index contributed by atoms with van der Waals surface area (Å²) in [5.41, 5.74) is 3.94. The van der Waals surface area contributed by atoms with E-state index in [2.05, 4.69) is 56.7 Å². The standard InChI is InChI=1S/C20H20N6OS/c1-14-12-27-10-9-25(14)17-4-2-16(3-5-17)21-18-6-7-19-22-23-20(26(19)24-18)15-8-11-28-13-15/h2-8,11,13-14H,9-10,12H2,1H3,(H,21,24). The molecule has 0 saturated carbocycles. The SMILES string of the molecule is CC1COCCN1c1ccc(Nc2ccc3nnc(-c4ccsc4)n3n2)cc1. The van der Waals surface area contributed by atoms with Crippen LogP contribution in [-0.2, 0) is 4.74 Å². The molecule has 1 saturated heterocycles. The van der Waals surface area contributed by atoms with E-state index in [1.807, 2.05) is 29.0 Å². The van der Waals surface area contributed by atoms with Crippen molar-refractivity contribution in [2.45, 2.75) is 13.0 Å². The number of thiophene rings is 1. The summed E-state index contributed by atoms with van der Waals surface area (Å²) in [5.74, 6) is 1.49. The van der Waals surface area contributed by atoms with Gasteiger partial charge in [0.2, 0.25) is 0 Å². The van der Waals surface area contributed by atoms with Crippen molar-refractivity contribution in [3.63, 3.8) is 0 Å². The number of ether oxygens (including phenoxy) is 1. The average Bonchev–Trinajstić information content (AvgIpc) is 3.38. The topological polar surface area (TPSA) is 67.6 Å². The molecule has 1 N–H and O–H groups in total. The highest BCUT2D eigenvalue weighted by molar-refractivity contribution is 7.08. The van der Waals surface area contributed by atoms with Crippen molar-refractivity contribution in [3.05, 3.63) is 53.2 Å². The second-order valence-corrected chi connectivity index (χ2v) is 7.59. The maximum atomic E-state index is 5.53. The first-order valence-electron chi connectivity index (χ1n) is 9.24. The molecule has 1 aliphatic rings. The van der Waals surface area contributed by atoms with E-state index in [1.54, 1.807) is 15.9 Å². The molecular formula is C20H20N6OS. The Hall–Kier alpha value is -2.97. The predicted octanol–water partition coefficient (Wildman–Crippen LogP) is 3.82. The summed E-state index contributed by atoms with van der Waals surface area (Å²) >= 11 is 1.63. The molecule has 0 spiro atoms. The minimum atomic E-state index is 0.390. The third-order valence-corrected chi connectivity index (χ3v) is 5.56. The minimum absolute atomic E-state index is 0.390. The number of hydrogen-bond acceptors (Lipinski definition) is 7. The third kappa shape index (κ3) is 3.21. The normalized spacial score (nSPS) is 17.2. The molecule has 7 nitrogen and oxygen atoms in total. The largest absolute Gasteiger partial charge is 0.377 e. The van der Waals surface area contributed by atoms with Gasteiger partial charge in [0.15, 0.2) is 17.3 Å². The number of nitrogens with zero attached hydrogens (tertiary/aromatic N) is 5. The molecule has 4 heterocycles. The van der Waals surface area contributed by atoms with E-state index in [0.717, 1.165) is 48.3 Å². The highest BCUT2D eigenvalue weighted by atomic mass is 32.1. The Kier molecular flexibility index (Phi) is 4.42. The molecule has 8 heteroatoms. The van der Waals surface area contributed by atoms with Crippen molar-refractivity contribution in [2.24, 2.45) is 0 Å². The summed E-state index contributed by atoms with van der Waals surface area (Å²) in [5, 5.41) is 20.6. The number of aromatic nitrogens is 4. The quantitative estimate of drug-likeness (QED) is 0.569. The van der Waals surface area contributed by atoms with E-state index in [-0.39, 0.29) is 0 Å². The Morgan fingerprint density at radius 1 is 1.11 bits per heavy atom. The molecule has 1 atom stereocenters. The van der Waals surface area contributed by atoms with Crippen molar-refractivity contribution >= 4 is 34.2 Å². The number of morpholine rings is 1. The Bertz CT molecular complexity index is 1080. The van der Waals surface area contributed by atoms with Gasteiger partial charge in [-0.3, -0.25) is 0 Å². The fraction of sp³-hybridized carbons (Fsp3) is 0.250. The number of fused-ring (bicyclic) bond motifs is 1. The zero-order chi connectivity index (χ0) is 18.9. The van der Waals surface area contributed by atoms with Crippen LogP contribution in [0.3, 0.4) is 0 Å². The van der Waals surface area contributed by atoms with Crippen LogP contribution in [0.1, 0.15) is 6.92 Å². The van der Waals surface area contributed by atoms with E-state index in [1.165, 1.54) is 5.69 Å². The van der Waals surface area contributed by atoms with Crippen molar-refractivity contribution in [1.82, 2.24) is 19.8 Å². The average molecular weight is 392 g/mol. The van der Waals surface area contributed by atoms with E-state index < -0.39 is 0 Å². The van der Waals surface area contributed by atoms with Gasteiger partial charge in [-0.1, -0.05) is 0 Å². The Morgan fingerprint density at radius 3 is 2.79 bits per heavy atom. The molecule has 142 valence electrons. The van der Waals surface area contributed by atoms with Gasteiger partial charge in [-0.15, -0.1) is 15.3 Å². The first-order chi connectivity index (χ1) is 13.8. The van der Waals surface area contributed by atoms with Crippen LogP contribution in [0.4, 0.5) is 17.2 Å². The lowest BCUT2D eigenvalue weighted by Crippen LogP contribution is -2.43. The Balaban J connectivity index is 1.38. The lowest BCUT2D eigenvalue weighted by atomic mass is 10.2.